The Morgan fingerprint density at radius 1 is 0.805 bits per heavy atom. The molecule has 0 fully saturated rings. The van der Waals surface area contributed by atoms with Crippen molar-refractivity contribution in [1.82, 2.24) is 0 Å². The van der Waals surface area contributed by atoms with E-state index < -0.39 is 45.0 Å². The number of hydrogen-bond donors (Lipinski definition) is 3. The summed E-state index contributed by atoms with van der Waals surface area (Å²) in [5.74, 6) is -3.19. The summed E-state index contributed by atoms with van der Waals surface area (Å²) in [5, 5.41) is 33.3. The van der Waals surface area contributed by atoms with Gasteiger partial charge >= 0.3 is 0 Å². The van der Waals surface area contributed by atoms with Crippen LogP contribution in [-0.4, -0.2) is 53.8 Å². The van der Waals surface area contributed by atoms with Gasteiger partial charge in [-0.05, 0) is 47.6 Å². The molecule has 3 N–H and O–H groups in total. The van der Waals surface area contributed by atoms with Crippen LogP contribution in [0.5, 0.6) is 28.7 Å². The third-order valence-electron chi connectivity index (χ3n) is 8.53. The molecule has 0 bridgehead atoms. The van der Waals surface area contributed by atoms with Crippen LogP contribution in [0.1, 0.15) is 51.3 Å². The van der Waals surface area contributed by atoms with Crippen LogP contribution in [0, 0.1) is 12.8 Å². The first kappa shape index (κ1) is 29.3. The van der Waals surface area contributed by atoms with Crippen molar-refractivity contribution in [2.75, 3.05) is 21.3 Å². The summed E-state index contributed by atoms with van der Waals surface area (Å²) in [6, 6.07) is 4.39. The second-order valence-electron chi connectivity index (χ2n) is 10.8. The second kappa shape index (κ2) is 9.70. The van der Waals surface area contributed by atoms with Gasteiger partial charge in [-0.25, -0.2) is 0 Å². The lowest BCUT2D eigenvalue weighted by molar-refractivity contribution is -0.0202. The molecule has 0 heterocycles. The number of phenols is 2. The maximum absolute atomic E-state index is 14.6. The SMILES string of the molecule is COc1cc(OC)c(-c2cc(OC)c(Cl)c3c2C(=O)[C@@]2(O)C(=O)c4c(cc(O)c(Cl)c4O)C(C)(C)[C@H]2C3)c(C)c1Cl. The van der Waals surface area contributed by atoms with E-state index in [9.17, 15) is 24.9 Å². The van der Waals surface area contributed by atoms with Crippen molar-refractivity contribution in [2.24, 2.45) is 5.92 Å². The van der Waals surface area contributed by atoms with Gasteiger partial charge in [0.05, 0.1) is 36.9 Å². The summed E-state index contributed by atoms with van der Waals surface area (Å²) < 4.78 is 16.6. The number of methoxy groups -OCH3 is 3. The summed E-state index contributed by atoms with van der Waals surface area (Å²) in [6.45, 7) is 5.15. The van der Waals surface area contributed by atoms with Crippen LogP contribution in [0.2, 0.25) is 15.1 Å². The molecule has 0 unspecified atom stereocenters. The summed E-state index contributed by atoms with van der Waals surface area (Å²) in [5.41, 5.74) is -2.24. The Bertz CT molecular complexity index is 1680. The van der Waals surface area contributed by atoms with Gasteiger partial charge in [0.1, 0.15) is 33.8 Å². The first-order chi connectivity index (χ1) is 19.2. The predicted octanol–water partition coefficient (Wildman–Crippen LogP) is 6.32. The minimum Gasteiger partial charge on any atom is -0.506 e. The molecule has 0 aromatic heterocycles. The van der Waals surface area contributed by atoms with Crippen molar-refractivity contribution >= 4 is 46.4 Å². The first-order valence-electron chi connectivity index (χ1n) is 12.6. The maximum Gasteiger partial charge on any atom is 0.206 e. The largest absolute Gasteiger partial charge is 0.506 e. The first-order valence-corrected chi connectivity index (χ1v) is 13.7. The topological polar surface area (TPSA) is 123 Å². The van der Waals surface area contributed by atoms with E-state index in [0.29, 0.717) is 28.2 Å². The molecule has 3 aromatic rings. The quantitative estimate of drug-likeness (QED) is 0.289. The third-order valence-corrected chi connectivity index (χ3v) is 9.79. The van der Waals surface area contributed by atoms with Crippen LogP contribution in [-0.2, 0) is 11.8 Å². The van der Waals surface area contributed by atoms with E-state index in [0.717, 1.165) is 0 Å². The normalized spacial score (nSPS) is 20.7. The highest BCUT2D eigenvalue weighted by atomic mass is 35.5. The molecule has 0 spiro atoms. The number of hydrogen-bond acceptors (Lipinski definition) is 8. The highest BCUT2D eigenvalue weighted by Gasteiger charge is 2.64. The van der Waals surface area contributed by atoms with Crippen molar-refractivity contribution in [3.63, 3.8) is 0 Å². The molecule has 0 aliphatic heterocycles. The molecular formula is C30H27Cl3O8. The highest BCUT2D eigenvalue weighted by Crippen LogP contribution is 2.58. The van der Waals surface area contributed by atoms with Crippen LogP contribution in [0.3, 0.4) is 0 Å². The van der Waals surface area contributed by atoms with Crippen molar-refractivity contribution in [2.45, 2.75) is 38.2 Å². The molecule has 0 amide bonds. The second-order valence-corrected chi connectivity index (χ2v) is 11.9. The molecule has 41 heavy (non-hydrogen) atoms. The van der Waals surface area contributed by atoms with Gasteiger partial charge < -0.3 is 29.5 Å². The van der Waals surface area contributed by atoms with Gasteiger partial charge in [-0.1, -0.05) is 48.7 Å². The minimum atomic E-state index is -2.61. The number of Topliss-reactive ketones (excluding diaryl/α,β-unsaturated/α-hetero) is 2. The van der Waals surface area contributed by atoms with Gasteiger partial charge in [-0.3, -0.25) is 9.59 Å². The number of carbonyl (C=O) groups excluding carboxylic acids is 2. The van der Waals surface area contributed by atoms with Crippen LogP contribution in [0.25, 0.3) is 11.1 Å². The molecule has 11 heteroatoms. The Balaban J connectivity index is 1.88. The Morgan fingerprint density at radius 3 is 1.95 bits per heavy atom. The number of fused-ring (bicyclic) bond motifs is 3. The van der Waals surface area contributed by atoms with Gasteiger partial charge in [0.25, 0.3) is 0 Å². The number of halogens is 3. The van der Waals surface area contributed by atoms with Gasteiger partial charge in [-0.15, -0.1) is 0 Å². The number of phenolic OH excluding ortho intramolecular Hbond substituents is 2. The lowest BCUT2D eigenvalue weighted by Gasteiger charge is -2.51. The molecule has 8 nitrogen and oxygen atoms in total. The van der Waals surface area contributed by atoms with Crippen LogP contribution in [0.15, 0.2) is 18.2 Å². The summed E-state index contributed by atoms with van der Waals surface area (Å²) in [7, 11) is 4.34. The summed E-state index contributed by atoms with van der Waals surface area (Å²) in [4.78, 5) is 28.6. The van der Waals surface area contributed by atoms with E-state index in [4.69, 9.17) is 49.0 Å². The number of rotatable bonds is 4. The van der Waals surface area contributed by atoms with Crippen LogP contribution < -0.4 is 14.2 Å². The number of ether oxygens (including phenoxy) is 3. The van der Waals surface area contributed by atoms with Crippen LogP contribution >= 0.6 is 34.8 Å². The zero-order valence-electron chi connectivity index (χ0n) is 23.0. The van der Waals surface area contributed by atoms with E-state index in [-0.39, 0.29) is 44.5 Å². The number of aromatic hydroxyl groups is 2. The standard InChI is InChI=1S/C30H27Cl3O8/c1-11-20(16(39-4)10-18(41-6)23(11)31)12-7-17(40-5)24(32)13-8-19-29(2,3)14-9-15(34)25(33)26(35)22(14)28(37)30(19,38)27(36)21(12)13/h7,9-10,19,34-35,38H,8H2,1-6H3/t19-,30-/m1/s1. The zero-order chi connectivity index (χ0) is 30.3. The van der Waals surface area contributed by atoms with E-state index >= 15 is 0 Å². The molecular weight excluding hydrogens is 595 g/mol. The van der Waals surface area contributed by atoms with Crippen LogP contribution in [0.4, 0.5) is 0 Å². The number of ketones is 2. The van der Waals surface area contributed by atoms with Crippen molar-refractivity contribution in [3.8, 4) is 39.9 Å². The van der Waals surface area contributed by atoms with E-state index in [1.165, 1.54) is 33.5 Å². The van der Waals surface area contributed by atoms with Crippen molar-refractivity contribution in [3.05, 3.63) is 61.1 Å². The Hall–Kier alpha value is -3.17. The molecule has 3 aromatic carbocycles. The third kappa shape index (κ3) is 3.77. The van der Waals surface area contributed by atoms with E-state index in [2.05, 4.69) is 0 Å². The van der Waals surface area contributed by atoms with E-state index in [1.807, 2.05) is 0 Å². The fraction of sp³-hybridized carbons (Fsp3) is 0.333. The molecule has 216 valence electrons. The highest BCUT2D eigenvalue weighted by molar-refractivity contribution is 6.37. The fourth-order valence-electron chi connectivity index (χ4n) is 6.35. The van der Waals surface area contributed by atoms with Gasteiger partial charge in [0.2, 0.25) is 11.6 Å². The Labute approximate surface area is 251 Å². The average Bonchev–Trinajstić information content (AvgIpc) is 2.94. The smallest absolute Gasteiger partial charge is 0.206 e. The summed E-state index contributed by atoms with van der Waals surface area (Å²) >= 11 is 19.5. The van der Waals surface area contributed by atoms with Gasteiger partial charge in [0.15, 0.2) is 5.60 Å². The lowest BCUT2D eigenvalue weighted by atomic mass is 9.52. The Kier molecular flexibility index (Phi) is 6.94. The Morgan fingerprint density at radius 2 is 1.37 bits per heavy atom. The molecule has 5 rings (SSSR count). The zero-order valence-corrected chi connectivity index (χ0v) is 25.3. The number of aliphatic hydroxyl groups is 1. The molecule has 2 aliphatic rings. The molecule has 2 atom stereocenters. The number of carbonyl (C=O) groups is 2. The lowest BCUT2D eigenvalue weighted by Crippen LogP contribution is -2.64. The van der Waals surface area contributed by atoms with E-state index in [1.54, 1.807) is 26.8 Å². The molecule has 0 saturated carbocycles. The summed E-state index contributed by atoms with van der Waals surface area (Å²) in [6.07, 6.45) is -0.0197. The molecule has 2 aliphatic carbocycles. The fourth-order valence-corrected chi connectivity index (χ4v) is 7.03. The molecule has 0 radical (unpaired) electrons. The predicted molar refractivity (Wildman–Crippen MR) is 155 cm³/mol. The van der Waals surface area contributed by atoms with Gasteiger partial charge in [0, 0.05) is 28.7 Å². The average molecular weight is 622 g/mol. The molecule has 0 saturated heterocycles. The monoisotopic (exact) mass is 620 g/mol. The minimum absolute atomic E-state index is 0.00542. The van der Waals surface area contributed by atoms with Crippen molar-refractivity contribution in [1.29, 1.82) is 0 Å². The number of benzene rings is 3. The van der Waals surface area contributed by atoms with Crippen molar-refractivity contribution < 1.29 is 39.1 Å². The maximum atomic E-state index is 14.6. The van der Waals surface area contributed by atoms with Gasteiger partial charge in [-0.2, -0.15) is 0 Å².